The highest BCUT2D eigenvalue weighted by Gasteiger charge is 2.05. The van der Waals surface area contributed by atoms with E-state index >= 15 is 0 Å². The molecule has 5 heteroatoms. The van der Waals surface area contributed by atoms with E-state index < -0.39 is 11.6 Å². The molecule has 0 spiro atoms. The summed E-state index contributed by atoms with van der Waals surface area (Å²) in [6.07, 6.45) is 3.57. The van der Waals surface area contributed by atoms with E-state index in [0.717, 1.165) is 30.7 Å². The average molecular weight is 279 g/mol. The number of hydrogen-bond donors (Lipinski definition) is 1. The number of benzene rings is 1. The Labute approximate surface area is 117 Å². The van der Waals surface area contributed by atoms with Crippen LogP contribution < -0.4 is 5.32 Å². The van der Waals surface area contributed by atoms with Crippen molar-refractivity contribution in [1.29, 1.82) is 0 Å². The van der Waals surface area contributed by atoms with Gasteiger partial charge in [-0.1, -0.05) is 6.92 Å². The minimum absolute atomic E-state index is 0.539. The molecule has 2 aromatic rings. The van der Waals surface area contributed by atoms with Crippen molar-refractivity contribution < 1.29 is 8.78 Å². The predicted octanol–water partition coefficient (Wildman–Crippen LogP) is 3.53. The Hall–Kier alpha value is -1.91. The van der Waals surface area contributed by atoms with Crippen molar-refractivity contribution in [2.24, 2.45) is 0 Å². The number of aromatic nitrogens is 2. The fraction of sp³-hybridized carbons (Fsp3) is 0.400. The van der Waals surface area contributed by atoms with Gasteiger partial charge in [-0.3, -0.25) is 0 Å². The quantitative estimate of drug-likeness (QED) is 0.876. The number of halogens is 2. The highest BCUT2D eigenvalue weighted by Crippen LogP contribution is 2.11. The number of nitrogens with zero attached hydrogens (tertiary/aromatic N) is 2. The highest BCUT2D eigenvalue weighted by molar-refractivity contribution is 5.29. The first-order valence-corrected chi connectivity index (χ1v) is 6.81. The van der Waals surface area contributed by atoms with Crippen LogP contribution >= 0.6 is 0 Å². The lowest BCUT2D eigenvalue weighted by Crippen LogP contribution is -2.10. The van der Waals surface area contributed by atoms with Crippen LogP contribution in [0.15, 0.2) is 24.4 Å². The van der Waals surface area contributed by atoms with E-state index in [9.17, 15) is 8.78 Å². The smallest absolute Gasteiger partial charge is 0.203 e. The largest absolute Gasteiger partial charge is 0.355 e. The topological polar surface area (TPSA) is 29.9 Å². The van der Waals surface area contributed by atoms with Gasteiger partial charge in [-0.25, -0.2) is 13.8 Å². The maximum Gasteiger partial charge on any atom is 0.203 e. The van der Waals surface area contributed by atoms with Gasteiger partial charge in [0.25, 0.3) is 0 Å². The molecule has 0 saturated carbocycles. The van der Waals surface area contributed by atoms with E-state index in [2.05, 4.69) is 21.8 Å². The lowest BCUT2D eigenvalue weighted by Gasteiger charge is -2.09. The lowest BCUT2D eigenvalue weighted by atomic mass is 10.1. The molecule has 0 amide bonds. The van der Waals surface area contributed by atoms with E-state index in [-0.39, 0.29) is 0 Å². The molecule has 0 saturated heterocycles. The number of anilines is 1. The predicted molar refractivity (Wildman–Crippen MR) is 75.8 cm³/mol. The first kappa shape index (κ1) is 14.5. The third-order valence-corrected chi connectivity index (χ3v) is 2.98. The SMILES string of the molecule is CCCn1cc(C)nc1NCCc1cc(F)cc(F)c1. The molecule has 0 bridgehead atoms. The Morgan fingerprint density at radius 2 is 1.90 bits per heavy atom. The van der Waals surface area contributed by atoms with Crippen molar-refractivity contribution >= 4 is 5.95 Å². The van der Waals surface area contributed by atoms with Crippen LogP contribution in [0.5, 0.6) is 0 Å². The molecule has 1 aromatic carbocycles. The molecule has 1 N–H and O–H groups in total. The zero-order valence-electron chi connectivity index (χ0n) is 11.8. The molecule has 0 aliphatic heterocycles. The normalized spacial score (nSPS) is 10.8. The summed E-state index contributed by atoms with van der Waals surface area (Å²) in [6, 6.07) is 3.59. The lowest BCUT2D eigenvalue weighted by molar-refractivity contribution is 0.579. The second-order valence-electron chi connectivity index (χ2n) is 4.85. The third-order valence-electron chi connectivity index (χ3n) is 2.98. The summed E-state index contributed by atoms with van der Waals surface area (Å²) in [5.41, 5.74) is 1.60. The maximum atomic E-state index is 13.1. The van der Waals surface area contributed by atoms with Gasteiger partial charge in [0, 0.05) is 25.4 Å². The molecule has 1 heterocycles. The van der Waals surface area contributed by atoms with Crippen LogP contribution in [-0.4, -0.2) is 16.1 Å². The molecule has 0 aliphatic carbocycles. The zero-order valence-corrected chi connectivity index (χ0v) is 11.8. The summed E-state index contributed by atoms with van der Waals surface area (Å²) in [5, 5.41) is 3.21. The number of aryl methyl sites for hydroxylation is 2. The van der Waals surface area contributed by atoms with Crippen molar-refractivity contribution in [2.45, 2.75) is 33.2 Å². The van der Waals surface area contributed by atoms with Gasteiger partial charge in [-0.05, 0) is 37.5 Å². The zero-order chi connectivity index (χ0) is 14.5. The van der Waals surface area contributed by atoms with Crippen LogP contribution in [0.4, 0.5) is 14.7 Å². The Morgan fingerprint density at radius 3 is 2.55 bits per heavy atom. The average Bonchev–Trinajstić information content (AvgIpc) is 2.69. The van der Waals surface area contributed by atoms with Crippen LogP contribution in [0, 0.1) is 18.6 Å². The maximum absolute atomic E-state index is 13.1. The molecule has 0 atom stereocenters. The van der Waals surface area contributed by atoms with E-state index in [0.29, 0.717) is 18.5 Å². The molecule has 0 unspecified atom stereocenters. The second-order valence-corrected chi connectivity index (χ2v) is 4.85. The fourth-order valence-corrected chi connectivity index (χ4v) is 2.17. The summed E-state index contributed by atoms with van der Waals surface area (Å²) in [4.78, 5) is 4.40. The summed E-state index contributed by atoms with van der Waals surface area (Å²) in [5.74, 6) is -0.270. The number of nitrogens with one attached hydrogen (secondary N) is 1. The minimum Gasteiger partial charge on any atom is -0.355 e. The van der Waals surface area contributed by atoms with Crippen LogP contribution in [0.3, 0.4) is 0 Å². The van der Waals surface area contributed by atoms with E-state index in [1.807, 2.05) is 13.1 Å². The van der Waals surface area contributed by atoms with Crippen molar-refractivity contribution in [2.75, 3.05) is 11.9 Å². The Kier molecular flexibility index (Phi) is 4.71. The van der Waals surface area contributed by atoms with Gasteiger partial charge in [0.05, 0.1) is 5.69 Å². The number of hydrogen-bond acceptors (Lipinski definition) is 2. The van der Waals surface area contributed by atoms with E-state index in [1.165, 1.54) is 12.1 Å². The van der Waals surface area contributed by atoms with E-state index in [4.69, 9.17) is 0 Å². The van der Waals surface area contributed by atoms with Gasteiger partial charge < -0.3 is 9.88 Å². The summed E-state index contributed by atoms with van der Waals surface area (Å²) >= 11 is 0. The van der Waals surface area contributed by atoms with E-state index in [1.54, 1.807) is 0 Å². The molecule has 20 heavy (non-hydrogen) atoms. The molecular formula is C15H19F2N3. The monoisotopic (exact) mass is 279 g/mol. The number of imidazole rings is 1. The van der Waals surface area contributed by atoms with Crippen molar-refractivity contribution in [3.05, 3.63) is 47.3 Å². The standard InChI is InChI=1S/C15H19F2N3/c1-3-6-20-10-11(2)19-15(20)18-5-4-12-7-13(16)9-14(17)8-12/h7-10H,3-6H2,1-2H3,(H,18,19). The van der Waals surface area contributed by atoms with Crippen LogP contribution in [-0.2, 0) is 13.0 Å². The molecule has 0 fully saturated rings. The van der Waals surface area contributed by atoms with Gasteiger partial charge in [0.2, 0.25) is 5.95 Å². The fourth-order valence-electron chi connectivity index (χ4n) is 2.17. The molecule has 2 rings (SSSR count). The summed E-state index contributed by atoms with van der Waals surface area (Å²) < 4.78 is 28.2. The Bertz CT molecular complexity index is 558. The minimum atomic E-state index is -0.539. The number of rotatable bonds is 6. The Balaban J connectivity index is 1.95. The van der Waals surface area contributed by atoms with Crippen LogP contribution in [0.25, 0.3) is 0 Å². The summed E-state index contributed by atoms with van der Waals surface area (Å²) in [7, 11) is 0. The first-order valence-electron chi connectivity index (χ1n) is 6.81. The van der Waals surface area contributed by atoms with Crippen molar-refractivity contribution in [3.63, 3.8) is 0 Å². The second kappa shape index (κ2) is 6.50. The first-order chi connectivity index (χ1) is 9.58. The van der Waals surface area contributed by atoms with Crippen LogP contribution in [0.1, 0.15) is 24.6 Å². The third kappa shape index (κ3) is 3.79. The van der Waals surface area contributed by atoms with Gasteiger partial charge >= 0.3 is 0 Å². The summed E-state index contributed by atoms with van der Waals surface area (Å²) in [6.45, 7) is 5.54. The van der Waals surface area contributed by atoms with Gasteiger partial charge in [0.15, 0.2) is 0 Å². The molecule has 0 radical (unpaired) electrons. The molecule has 0 aliphatic rings. The molecule has 108 valence electrons. The van der Waals surface area contributed by atoms with Gasteiger partial charge in [0.1, 0.15) is 11.6 Å². The Morgan fingerprint density at radius 1 is 1.20 bits per heavy atom. The molecule has 3 nitrogen and oxygen atoms in total. The van der Waals surface area contributed by atoms with Gasteiger partial charge in [-0.15, -0.1) is 0 Å². The molecular weight excluding hydrogens is 260 g/mol. The highest BCUT2D eigenvalue weighted by atomic mass is 19.1. The van der Waals surface area contributed by atoms with Gasteiger partial charge in [-0.2, -0.15) is 0 Å². The molecule has 1 aromatic heterocycles. The van der Waals surface area contributed by atoms with Crippen LogP contribution in [0.2, 0.25) is 0 Å². The van der Waals surface area contributed by atoms with Crippen molar-refractivity contribution in [1.82, 2.24) is 9.55 Å². The van der Waals surface area contributed by atoms with Crippen molar-refractivity contribution in [3.8, 4) is 0 Å².